The van der Waals surface area contributed by atoms with E-state index in [-0.39, 0.29) is 24.2 Å². The number of amides is 1. The Labute approximate surface area is 98.3 Å². The Balaban J connectivity index is 2.21. The van der Waals surface area contributed by atoms with Crippen LogP contribution in [0.2, 0.25) is 0 Å². The predicted molar refractivity (Wildman–Crippen MR) is 64.4 cm³/mol. The van der Waals surface area contributed by atoms with Crippen LogP contribution in [0.1, 0.15) is 33.6 Å². The third-order valence-corrected chi connectivity index (χ3v) is 2.55. The summed E-state index contributed by atoms with van der Waals surface area (Å²) >= 11 is 0. The molecule has 1 aliphatic rings. The predicted octanol–water partition coefficient (Wildman–Crippen LogP) is 1.01. The zero-order valence-corrected chi connectivity index (χ0v) is 10.9. The fourth-order valence-electron chi connectivity index (χ4n) is 1.90. The van der Waals surface area contributed by atoms with Gasteiger partial charge in [-0.3, -0.25) is 4.79 Å². The lowest BCUT2D eigenvalue weighted by Gasteiger charge is -2.29. The minimum absolute atomic E-state index is 0.0271. The molecule has 0 aromatic carbocycles. The maximum atomic E-state index is 11.5. The van der Waals surface area contributed by atoms with Gasteiger partial charge in [-0.1, -0.05) is 0 Å². The molecule has 0 saturated carbocycles. The maximum Gasteiger partial charge on any atom is 0.246 e. The van der Waals surface area contributed by atoms with Crippen molar-refractivity contribution < 1.29 is 9.53 Å². The number of carbonyl (C=O) groups is 1. The smallest absolute Gasteiger partial charge is 0.246 e. The van der Waals surface area contributed by atoms with Gasteiger partial charge in [0, 0.05) is 12.1 Å². The van der Waals surface area contributed by atoms with Gasteiger partial charge in [-0.25, -0.2) is 0 Å². The lowest BCUT2D eigenvalue weighted by Crippen LogP contribution is -2.44. The number of piperidine rings is 1. The standard InChI is InChI=1S/C12H24N2O2/c1-12(2,3)13-11(15)9-16-10-6-5-7-14(4)8-10/h10H,5-9H2,1-4H3,(H,13,15). The Morgan fingerprint density at radius 3 is 2.75 bits per heavy atom. The van der Waals surface area contributed by atoms with Crippen LogP contribution in [0.25, 0.3) is 0 Å². The highest BCUT2D eigenvalue weighted by Gasteiger charge is 2.20. The Bertz CT molecular complexity index is 236. The molecule has 1 atom stereocenters. The first-order chi connectivity index (χ1) is 7.37. The minimum Gasteiger partial charge on any atom is -0.367 e. The molecule has 0 radical (unpaired) electrons. The third-order valence-electron chi connectivity index (χ3n) is 2.55. The van der Waals surface area contributed by atoms with E-state index in [0.29, 0.717) is 0 Å². The molecule has 94 valence electrons. The van der Waals surface area contributed by atoms with Gasteiger partial charge in [-0.05, 0) is 47.2 Å². The molecular formula is C12H24N2O2. The summed E-state index contributed by atoms with van der Waals surface area (Å²) in [6, 6.07) is 0. The van der Waals surface area contributed by atoms with E-state index >= 15 is 0 Å². The van der Waals surface area contributed by atoms with E-state index in [1.807, 2.05) is 20.8 Å². The number of carbonyl (C=O) groups excluding carboxylic acids is 1. The largest absolute Gasteiger partial charge is 0.367 e. The van der Waals surface area contributed by atoms with Gasteiger partial charge in [0.1, 0.15) is 6.61 Å². The van der Waals surface area contributed by atoms with Crippen molar-refractivity contribution in [3.8, 4) is 0 Å². The summed E-state index contributed by atoms with van der Waals surface area (Å²) in [5, 5.41) is 2.89. The molecule has 1 amide bonds. The van der Waals surface area contributed by atoms with Crippen molar-refractivity contribution >= 4 is 5.91 Å². The van der Waals surface area contributed by atoms with Crippen LogP contribution in [-0.4, -0.2) is 49.2 Å². The summed E-state index contributed by atoms with van der Waals surface area (Å²) in [6.07, 6.45) is 2.43. The van der Waals surface area contributed by atoms with Crippen molar-refractivity contribution in [3.63, 3.8) is 0 Å². The fraction of sp³-hybridized carbons (Fsp3) is 0.917. The van der Waals surface area contributed by atoms with Gasteiger partial charge in [0.25, 0.3) is 0 Å². The third kappa shape index (κ3) is 5.47. The molecule has 0 aromatic rings. The number of hydrogen-bond acceptors (Lipinski definition) is 3. The van der Waals surface area contributed by atoms with E-state index in [4.69, 9.17) is 4.74 Å². The van der Waals surface area contributed by atoms with E-state index in [1.165, 1.54) is 0 Å². The highest BCUT2D eigenvalue weighted by molar-refractivity contribution is 5.77. The molecule has 1 fully saturated rings. The number of ether oxygens (including phenoxy) is 1. The Morgan fingerprint density at radius 2 is 2.19 bits per heavy atom. The molecular weight excluding hydrogens is 204 g/mol. The summed E-state index contributed by atoms with van der Waals surface area (Å²) in [4.78, 5) is 13.8. The van der Waals surface area contributed by atoms with Crippen molar-refractivity contribution in [2.24, 2.45) is 0 Å². The van der Waals surface area contributed by atoms with Gasteiger partial charge in [-0.2, -0.15) is 0 Å². The summed E-state index contributed by atoms with van der Waals surface area (Å²) in [5.74, 6) is -0.0271. The van der Waals surface area contributed by atoms with Gasteiger partial charge < -0.3 is 15.0 Å². The second-order valence-corrected chi connectivity index (χ2v) is 5.64. The van der Waals surface area contributed by atoms with Crippen molar-refractivity contribution in [1.29, 1.82) is 0 Å². The lowest BCUT2D eigenvalue weighted by atomic mass is 10.1. The first kappa shape index (κ1) is 13.5. The molecule has 1 heterocycles. The lowest BCUT2D eigenvalue weighted by molar-refractivity contribution is -0.130. The summed E-state index contributed by atoms with van der Waals surface area (Å²) < 4.78 is 5.61. The quantitative estimate of drug-likeness (QED) is 0.784. The van der Waals surface area contributed by atoms with Crippen LogP contribution in [0, 0.1) is 0 Å². The Morgan fingerprint density at radius 1 is 1.50 bits per heavy atom. The monoisotopic (exact) mass is 228 g/mol. The fourth-order valence-corrected chi connectivity index (χ4v) is 1.90. The number of rotatable bonds is 3. The summed E-state index contributed by atoms with van der Waals surface area (Å²) in [7, 11) is 2.09. The molecule has 1 saturated heterocycles. The first-order valence-electron chi connectivity index (χ1n) is 5.98. The van der Waals surface area contributed by atoms with Crippen LogP contribution in [-0.2, 0) is 9.53 Å². The zero-order chi connectivity index (χ0) is 12.2. The average molecular weight is 228 g/mol. The highest BCUT2D eigenvalue weighted by Crippen LogP contribution is 2.11. The Kier molecular flexibility index (Phi) is 4.74. The molecule has 0 bridgehead atoms. The molecule has 16 heavy (non-hydrogen) atoms. The topological polar surface area (TPSA) is 41.6 Å². The van der Waals surface area contributed by atoms with E-state index < -0.39 is 0 Å². The van der Waals surface area contributed by atoms with Crippen LogP contribution < -0.4 is 5.32 Å². The summed E-state index contributed by atoms with van der Waals surface area (Å²) in [6.45, 7) is 8.16. The van der Waals surface area contributed by atoms with Crippen LogP contribution in [0.3, 0.4) is 0 Å². The van der Waals surface area contributed by atoms with Crippen LogP contribution in [0.5, 0.6) is 0 Å². The van der Waals surface area contributed by atoms with E-state index in [2.05, 4.69) is 17.3 Å². The molecule has 0 aromatic heterocycles. The molecule has 1 unspecified atom stereocenters. The number of likely N-dealkylation sites (tertiary alicyclic amines) is 1. The van der Waals surface area contributed by atoms with Gasteiger partial charge in [0.2, 0.25) is 5.91 Å². The highest BCUT2D eigenvalue weighted by atomic mass is 16.5. The second-order valence-electron chi connectivity index (χ2n) is 5.64. The number of nitrogens with zero attached hydrogens (tertiary/aromatic N) is 1. The SMILES string of the molecule is CN1CCCC(OCC(=O)NC(C)(C)C)C1. The normalized spacial score (nSPS) is 23.1. The number of hydrogen-bond donors (Lipinski definition) is 1. The second kappa shape index (κ2) is 5.64. The van der Waals surface area contributed by atoms with E-state index in [0.717, 1.165) is 25.9 Å². The summed E-state index contributed by atoms with van der Waals surface area (Å²) in [5.41, 5.74) is -0.177. The van der Waals surface area contributed by atoms with Crippen molar-refractivity contribution in [2.45, 2.75) is 45.3 Å². The average Bonchev–Trinajstić information content (AvgIpc) is 2.12. The van der Waals surface area contributed by atoms with Gasteiger partial charge in [0.15, 0.2) is 0 Å². The van der Waals surface area contributed by atoms with Crippen LogP contribution >= 0.6 is 0 Å². The van der Waals surface area contributed by atoms with Crippen molar-refractivity contribution in [1.82, 2.24) is 10.2 Å². The molecule has 4 heteroatoms. The van der Waals surface area contributed by atoms with Gasteiger partial charge in [0.05, 0.1) is 6.10 Å². The molecule has 1 rings (SSSR count). The molecule has 4 nitrogen and oxygen atoms in total. The Hall–Kier alpha value is -0.610. The van der Waals surface area contributed by atoms with Crippen LogP contribution in [0.4, 0.5) is 0 Å². The zero-order valence-electron chi connectivity index (χ0n) is 10.9. The minimum atomic E-state index is -0.177. The van der Waals surface area contributed by atoms with Crippen molar-refractivity contribution in [3.05, 3.63) is 0 Å². The van der Waals surface area contributed by atoms with Crippen molar-refractivity contribution in [2.75, 3.05) is 26.7 Å². The van der Waals surface area contributed by atoms with E-state index in [9.17, 15) is 4.79 Å². The molecule has 1 aliphatic heterocycles. The molecule has 0 aliphatic carbocycles. The van der Waals surface area contributed by atoms with Crippen LogP contribution in [0.15, 0.2) is 0 Å². The van der Waals surface area contributed by atoms with Gasteiger partial charge >= 0.3 is 0 Å². The molecule has 1 N–H and O–H groups in total. The molecule has 0 spiro atoms. The number of likely N-dealkylation sites (N-methyl/N-ethyl adjacent to an activating group) is 1. The van der Waals surface area contributed by atoms with E-state index in [1.54, 1.807) is 0 Å². The maximum absolute atomic E-state index is 11.5. The number of nitrogens with one attached hydrogen (secondary N) is 1. The first-order valence-corrected chi connectivity index (χ1v) is 5.98. The van der Waals surface area contributed by atoms with Gasteiger partial charge in [-0.15, -0.1) is 0 Å².